The fourth-order valence-electron chi connectivity index (χ4n) is 4.35. The number of aryl methyl sites for hydroxylation is 2. The van der Waals surface area contributed by atoms with Crippen LogP contribution in [0.4, 0.5) is 0 Å². The molecule has 0 atom stereocenters. The summed E-state index contributed by atoms with van der Waals surface area (Å²) >= 11 is 0. The lowest BCUT2D eigenvalue weighted by atomic mass is 10.1. The van der Waals surface area contributed by atoms with Gasteiger partial charge in [-0.05, 0) is 35.4 Å². The van der Waals surface area contributed by atoms with Crippen LogP contribution in [0.15, 0.2) is 85.5 Å². The molecule has 0 aliphatic carbocycles. The molecule has 0 aliphatic heterocycles. The Balaban J connectivity index is 1.55. The summed E-state index contributed by atoms with van der Waals surface area (Å²) in [4.78, 5) is 0. The van der Waals surface area contributed by atoms with Gasteiger partial charge in [-0.2, -0.15) is 0 Å². The quantitative estimate of drug-likeness (QED) is 0.156. The zero-order valence-corrected chi connectivity index (χ0v) is 25.1. The van der Waals surface area contributed by atoms with Gasteiger partial charge in [-0.1, -0.05) is 48.6 Å². The van der Waals surface area contributed by atoms with E-state index in [1.54, 1.807) is 28.4 Å². The Morgan fingerprint density at radius 3 is 1.00 bits per heavy atom. The van der Waals surface area contributed by atoms with Crippen LogP contribution in [-0.4, -0.2) is 28.4 Å². The summed E-state index contributed by atoms with van der Waals surface area (Å²) in [6.45, 7) is 0. The predicted octanol–water partition coefficient (Wildman–Crippen LogP) is 6.44. The second-order valence-corrected chi connectivity index (χ2v) is 9.65. The molecule has 0 radical (unpaired) electrons. The van der Waals surface area contributed by atoms with E-state index in [4.69, 9.17) is 18.9 Å². The number of ether oxygens (including phenoxy) is 4. The van der Waals surface area contributed by atoms with E-state index < -0.39 is 0 Å². The number of allylic oxidation sites excluding steroid dienone is 2. The van der Waals surface area contributed by atoms with Crippen molar-refractivity contribution in [2.45, 2.75) is 0 Å². The fraction of sp³-hybridized carbons (Fsp3) is 0.167. The molecule has 4 rings (SSSR count). The van der Waals surface area contributed by atoms with Gasteiger partial charge in [-0.25, -0.2) is 9.13 Å². The molecule has 0 N–H and O–H groups in total. The molecule has 42 heavy (non-hydrogen) atoms. The van der Waals surface area contributed by atoms with Crippen molar-refractivity contribution >= 4 is 36.5 Å². The maximum absolute atomic E-state index is 5.70. The molecule has 6 heteroatoms. The Labute approximate surface area is 248 Å². The van der Waals surface area contributed by atoms with Gasteiger partial charge >= 0.3 is 0 Å². The summed E-state index contributed by atoms with van der Waals surface area (Å²) in [5.41, 5.74) is 5.88. The minimum Gasteiger partial charge on any atom is -0.496 e. The fourth-order valence-corrected chi connectivity index (χ4v) is 4.35. The van der Waals surface area contributed by atoms with Crippen LogP contribution in [0.1, 0.15) is 33.4 Å². The molecule has 2 aromatic heterocycles. The molecule has 0 fully saturated rings. The lowest BCUT2D eigenvalue weighted by molar-refractivity contribution is -0.671. The van der Waals surface area contributed by atoms with E-state index in [1.807, 2.05) is 109 Å². The van der Waals surface area contributed by atoms with Crippen LogP contribution >= 0.6 is 0 Å². The molecule has 0 spiro atoms. The third-order valence-corrected chi connectivity index (χ3v) is 6.75. The largest absolute Gasteiger partial charge is 0.496 e. The zero-order valence-electron chi connectivity index (χ0n) is 25.1. The van der Waals surface area contributed by atoms with Crippen LogP contribution in [0.2, 0.25) is 0 Å². The van der Waals surface area contributed by atoms with Crippen molar-refractivity contribution in [3.8, 4) is 23.0 Å². The van der Waals surface area contributed by atoms with E-state index in [0.717, 1.165) is 56.4 Å². The van der Waals surface area contributed by atoms with Gasteiger partial charge in [0.1, 0.15) is 37.1 Å². The molecule has 0 saturated heterocycles. The molecule has 0 unspecified atom stereocenters. The van der Waals surface area contributed by atoms with Crippen molar-refractivity contribution in [2.75, 3.05) is 28.4 Å². The standard InChI is InChI=1S/C36H38N2O4/c1-37-19-15-27(16-20-37)11-13-31-25-33(39-3)29(23-35(31)41-5)9-7-8-10-30-24-36(42-6)32(26-34(30)40-4)14-12-28-17-21-38(2)22-18-28/h7-26H,1-6H3/q+2/b9-7+,10-8+,13-11+,14-12+. The first kappa shape index (κ1) is 29.9. The molecule has 2 heterocycles. The number of methoxy groups -OCH3 is 4. The van der Waals surface area contributed by atoms with Crippen LogP contribution < -0.4 is 28.1 Å². The summed E-state index contributed by atoms with van der Waals surface area (Å²) in [5.74, 6) is 3.03. The van der Waals surface area contributed by atoms with E-state index in [2.05, 4.69) is 36.4 Å². The summed E-state index contributed by atoms with van der Waals surface area (Å²) in [6, 6.07) is 16.2. The van der Waals surface area contributed by atoms with E-state index in [0.29, 0.717) is 0 Å². The Kier molecular flexibility index (Phi) is 10.3. The monoisotopic (exact) mass is 562 g/mol. The van der Waals surface area contributed by atoms with E-state index in [9.17, 15) is 0 Å². The van der Waals surface area contributed by atoms with Crippen molar-refractivity contribution in [1.82, 2.24) is 0 Å². The summed E-state index contributed by atoms with van der Waals surface area (Å²) in [7, 11) is 10.7. The van der Waals surface area contributed by atoms with Gasteiger partial charge in [0.15, 0.2) is 24.8 Å². The van der Waals surface area contributed by atoms with Crippen LogP contribution in [-0.2, 0) is 14.1 Å². The first-order chi connectivity index (χ1) is 20.4. The zero-order chi connectivity index (χ0) is 29.9. The average molecular weight is 563 g/mol. The third kappa shape index (κ3) is 7.76. The van der Waals surface area contributed by atoms with Gasteiger partial charge < -0.3 is 18.9 Å². The van der Waals surface area contributed by atoms with Crippen LogP contribution in [0, 0.1) is 0 Å². The molecular weight excluding hydrogens is 524 g/mol. The van der Waals surface area contributed by atoms with E-state index in [1.165, 1.54) is 0 Å². The lowest BCUT2D eigenvalue weighted by Crippen LogP contribution is -2.25. The Morgan fingerprint density at radius 2 is 0.714 bits per heavy atom. The predicted molar refractivity (Wildman–Crippen MR) is 170 cm³/mol. The van der Waals surface area contributed by atoms with Crippen LogP contribution in [0.25, 0.3) is 36.5 Å². The van der Waals surface area contributed by atoms with Crippen LogP contribution in [0.3, 0.4) is 0 Å². The van der Waals surface area contributed by atoms with Gasteiger partial charge in [0, 0.05) is 46.5 Å². The van der Waals surface area contributed by atoms with Gasteiger partial charge in [-0.3, -0.25) is 0 Å². The molecule has 0 aliphatic rings. The second-order valence-electron chi connectivity index (χ2n) is 9.65. The summed E-state index contributed by atoms with van der Waals surface area (Å²) in [5, 5.41) is 0. The average Bonchev–Trinajstić information content (AvgIpc) is 3.02. The van der Waals surface area contributed by atoms with E-state index >= 15 is 0 Å². The maximum atomic E-state index is 5.70. The SMILES string of the molecule is COc1cc(/C=C/c2cc[n+](C)cc2)c(OC)cc1/C=C/C=C/c1cc(OC)c(/C=C/c2cc[n+](C)cc2)cc1OC. The van der Waals surface area contributed by atoms with Gasteiger partial charge in [0.05, 0.1) is 28.4 Å². The van der Waals surface area contributed by atoms with Crippen molar-refractivity contribution in [1.29, 1.82) is 0 Å². The minimum atomic E-state index is 0.752. The van der Waals surface area contributed by atoms with Crippen molar-refractivity contribution in [3.05, 3.63) is 119 Å². The summed E-state index contributed by atoms with van der Waals surface area (Å²) in [6.07, 6.45) is 24.1. The number of benzene rings is 2. The second kappa shape index (κ2) is 14.5. The first-order valence-corrected chi connectivity index (χ1v) is 13.6. The highest BCUT2D eigenvalue weighted by molar-refractivity contribution is 5.77. The molecule has 4 aromatic rings. The Hall–Kier alpha value is -5.10. The third-order valence-electron chi connectivity index (χ3n) is 6.75. The normalized spacial score (nSPS) is 11.7. The smallest absolute Gasteiger partial charge is 0.169 e. The Bertz CT molecular complexity index is 1490. The number of aromatic nitrogens is 2. The number of rotatable bonds is 11. The highest BCUT2D eigenvalue weighted by Crippen LogP contribution is 2.33. The molecule has 2 aromatic carbocycles. The first-order valence-electron chi connectivity index (χ1n) is 13.6. The van der Waals surface area contributed by atoms with Crippen molar-refractivity contribution < 1.29 is 28.1 Å². The maximum Gasteiger partial charge on any atom is 0.169 e. The van der Waals surface area contributed by atoms with Crippen molar-refractivity contribution in [3.63, 3.8) is 0 Å². The van der Waals surface area contributed by atoms with Gasteiger partial charge in [0.2, 0.25) is 0 Å². The molecule has 0 amide bonds. The highest BCUT2D eigenvalue weighted by atomic mass is 16.5. The van der Waals surface area contributed by atoms with Gasteiger partial charge in [-0.15, -0.1) is 0 Å². The van der Waals surface area contributed by atoms with Crippen LogP contribution in [0.5, 0.6) is 23.0 Å². The number of hydrogen-bond acceptors (Lipinski definition) is 4. The molecule has 6 nitrogen and oxygen atoms in total. The number of pyridine rings is 2. The molecule has 0 bridgehead atoms. The number of nitrogens with zero attached hydrogens (tertiary/aromatic N) is 2. The molecular formula is C36H38N2O4+2. The minimum absolute atomic E-state index is 0.752. The van der Waals surface area contributed by atoms with E-state index in [-0.39, 0.29) is 0 Å². The Morgan fingerprint density at radius 1 is 0.429 bits per heavy atom. The topological polar surface area (TPSA) is 44.7 Å². The summed E-state index contributed by atoms with van der Waals surface area (Å²) < 4.78 is 26.8. The van der Waals surface area contributed by atoms with Gasteiger partial charge in [0.25, 0.3) is 0 Å². The highest BCUT2D eigenvalue weighted by Gasteiger charge is 2.09. The molecule has 214 valence electrons. The number of hydrogen-bond donors (Lipinski definition) is 0. The lowest BCUT2D eigenvalue weighted by Gasteiger charge is -2.11. The van der Waals surface area contributed by atoms with Crippen molar-refractivity contribution in [2.24, 2.45) is 14.1 Å². The molecule has 0 saturated carbocycles.